The molecule has 0 saturated carbocycles. The lowest BCUT2D eigenvalue weighted by molar-refractivity contribution is 0.103. The van der Waals surface area contributed by atoms with Crippen molar-refractivity contribution in [2.75, 3.05) is 5.73 Å². The highest BCUT2D eigenvalue weighted by Gasteiger charge is 2.29. The molecule has 0 saturated heterocycles. The van der Waals surface area contributed by atoms with E-state index in [1.54, 1.807) is 42.5 Å². The van der Waals surface area contributed by atoms with Crippen molar-refractivity contribution in [1.29, 1.82) is 0 Å². The van der Waals surface area contributed by atoms with Crippen molar-refractivity contribution in [2.24, 2.45) is 0 Å². The molecular weight excluding hydrogens is 581 g/mol. The minimum Gasteiger partial charge on any atom is -0.383 e. The fourth-order valence-corrected chi connectivity index (χ4v) is 6.82. The number of nitrogens with two attached hydrogens (primary N) is 1. The average Bonchev–Trinajstić information content (AvgIpc) is 3.70. The summed E-state index contributed by atoms with van der Waals surface area (Å²) < 4.78 is 45.5. The normalized spacial score (nSPS) is 11.9. The maximum atomic E-state index is 14.7. The molecule has 0 atom stereocenters. The number of ketones is 1. The smallest absolute Gasteiger partial charge is 0.268 e. The Balaban J connectivity index is 1.41. The minimum absolute atomic E-state index is 0.0126. The van der Waals surface area contributed by atoms with Crippen LogP contribution in [0.25, 0.3) is 38.8 Å². The van der Waals surface area contributed by atoms with Crippen LogP contribution >= 0.6 is 0 Å². The van der Waals surface area contributed by atoms with E-state index in [4.69, 9.17) is 5.73 Å². The number of rotatable bonds is 6. The molecule has 12 heteroatoms. The van der Waals surface area contributed by atoms with Crippen LogP contribution in [0.1, 0.15) is 27.4 Å². The zero-order valence-corrected chi connectivity index (χ0v) is 24.3. The number of aromatic nitrogens is 6. The predicted molar refractivity (Wildman–Crippen MR) is 165 cm³/mol. The Bertz CT molecular complexity index is 2370. The van der Waals surface area contributed by atoms with Crippen molar-refractivity contribution in [3.8, 4) is 16.8 Å². The van der Waals surface area contributed by atoms with E-state index in [0.29, 0.717) is 22.2 Å². The van der Waals surface area contributed by atoms with Gasteiger partial charge < -0.3 is 10.7 Å². The number of benzene rings is 3. The van der Waals surface area contributed by atoms with Crippen molar-refractivity contribution < 1.29 is 17.6 Å². The summed E-state index contributed by atoms with van der Waals surface area (Å²) in [6.07, 6.45) is 3.85. The zero-order valence-electron chi connectivity index (χ0n) is 23.5. The number of carbonyl (C=O) groups excluding carboxylic acids is 1. The number of aromatic amines is 1. The molecule has 0 bridgehead atoms. The molecule has 0 aliphatic rings. The summed E-state index contributed by atoms with van der Waals surface area (Å²) in [6, 6.07) is 19.6. The number of hydrogen-bond donors (Lipinski definition) is 2. The van der Waals surface area contributed by atoms with Gasteiger partial charge in [-0.15, -0.1) is 0 Å². The number of aryl methyl sites for hydroxylation is 2. The van der Waals surface area contributed by atoms with Crippen molar-refractivity contribution >= 4 is 43.6 Å². The number of H-pyrrole nitrogens is 1. The Labute approximate surface area is 250 Å². The number of nitrogens with zero attached hydrogens (tertiary/aromatic N) is 5. The van der Waals surface area contributed by atoms with E-state index in [1.807, 2.05) is 19.9 Å². The first kappa shape index (κ1) is 27.2. The van der Waals surface area contributed by atoms with Gasteiger partial charge in [-0.25, -0.2) is 26.4 Å². The number of halogens is 1. The molecule has 0 amide bonds. The summed E-state index contributed by atoms with van der Waals surface area (Å²) in [6.45, 7) is 3.69. The SMILES string of the molecule is Cc1ccc(S(=O)(=O)n2c(C(=O)c3cnn(-c4ccc5[nH]c(C)nc5c4)c3N)cc3ccc(-c4ccncc4F)cc32)cc1. The van der Waals surface area contributed by atoms with Gasteiger partial charge in [0.15, 0.2) is 0 Å². The predicted octanol–water partition coefficient (Wildman–Crippen LogP) is 5.57. The second kappa shape index (κ2) is 9.99. The molecule has 4 heterocycles. The van der Waals surface area contributed by atoms with Gasteiger partial charge in [0, 0.05) is 17.1 Å². The van der Waals surface area contributed by atoms with Gasteiger partial charge in [0.2, 0.25) is 5.78 Å². The molecule has 3 N–H and O–H groups in total. The molecule has 0 aliphatic carbocycles. The number of fused-ring (bicyclic) bond motifs is 2. The Kier molecular flexibility index (Phi) is 6.18. The van der Waals surface area contributed by atoms with Crippen molar-refractivity contribution in [1.82, 2.24) is 28.7 Å². The number of nitrogens with one attached hydrogen (secondary N) is 1. The van der Waals surface area contributed by atoms with Gasteiger partial charge >= 0.3 is 0 Å². The molecule has 4 aromatic heterocycles. The largest absolute Gasteiger partial charge is 0.383 e. The van der Waals surface area contributed by atoms with E-state index in [0.717, 1.165) is 27.1 Å². The van der Waals surface area contributed by atoms with E-state index in [-0.39, 0.29) is 33.1 Å². The highest BCUT2D eigenvalue weighted by Crippen LogP contribution is 2.33. The summed E-state index contributed by atoms with van der Waals surface area (Å²) in [4.78, 5) is 25.5. The monoisotopic (exact) mass is 605 g/mol. The number of nitrogen functional groups attached to an aromatic ring is 1. The standard InChI is InChI=1S/C32H24FN7O3S/c1-18-3-8-23(9-4-18)44(42,43)40-29-13-20(24-11-12-35-17-26(24)33)5-6-21(29)14-30(40)31(41)25-16-36-39(32(25)34)22-7-10-27-28(15-22)38-19(2)37-27/h3-17H,34H2,1-2H3,(H,37,38). The lowest BCUT2D eigenvalue weighted by atomic mass is 10.1. The van der Waals surface area contributed by atoms with Gasteiger partial charge in [-0.1, -0.05) is 29.8 Å². The second-order valence-corrected chi connectivity index (χ2v) is 12.2. The number of imidazole rings is 1. The molecule has 7 aromatic rings. The Morgan fingerprint density at radius 3 is 2.52 bits per heavy atom. The summed E-state index contributed by atoms with van der Waals surface area (Å²) >= 11 is 0. The van der Waals surface area contributed by atoms with Gasteiger partial charge in [-0.05, 0) is 67.9 Å². The molecular formula is C32H24FN7O3S. The maximum absolute atomic E-state index is 14.7. The quantitative estimate of drug-likeness (QED) is 0.236. The first-order valence-electron chi connectivity index (χ1n) is 13.5. The van der Waals surface area contributed by atoms with Gasteiger partial charge in [0.1, 0.15) is 23.2 Å². The van der Waals surface area contributed by atoms with E-state index < -0.39 is 21.6 Å². The van der Waals surface area contributed by atoms with Crippen LogP contribution in [0, 0.1) is 19.7 Å². The molecule has 10 nitrogen and oxygen atoms in total. The Morgan fingerprint density at radius 1 is 0.955 bits per heavy atom. The first-order chi connectivity index (χ1) is 21.1. The minimum atomic E-state index is -4.30. The van der Waals surface area contributed by atoms with Crippen LogP contribution in [0.15, 0.2) is 96.3 Å². The number of pyridine rings is 1. The molecule has 0 spiro atoms. The maximum Gasteiger partial charge on any atom is 0.268 e. The third-order valence-corrected chi connectivity index (χ3v) is 9.26. The van der Waals surface area contributed by atoms with E-state index in [9.17, 15) is 17.6 Å². The van der Waals surface area contributed by atoms with Crippen LogP contribution in [0.2, 0.25) is 0 Å². The summed E-state index contributed by atoms with van der Waals surface area (Å²) in [5.41, 5.74) is 10.2. The first-order valence-corrected chi connectivity index (χ1v) is 15.0. The lowest BCUT2D eigenvalue weighted by Gasteiger charge is -2.13. The zero-order chi connectivity index (χ0) is 30.7. The Hall–Kier alpha value is -5.62. The fraction of sp³-hybridized carbons (Fsp3) is 0.0625. The third kappa shape index (κ3) is 4.34. The van der Waals surface area contributed by atoms with Crippen LogP contribution in [-0.2, 0) is 10.0 Å². The van der Waals surface area contributed by atoms with Crippen molar-refractivity contribution in [3.63, 3.8) is 0 Å². The van der Waals surface area contributed by atoms with Crippen LogP contribution in [0.4, 0.5) is 10.2 Å². The van der Waals surface area contributed by atoms with Gasteiger partial charge in [0.25, 0.3) is 10.0 Å². The summed E-state index contributed by atoms with van der Waals surface area (Å²) in [7, 11) is -4.30. The van der Waals surface area contributed by atoms with E-state index in [2.05, 4.69) is 20.1 Å². The van der Waals surface area contributed by atoms with Crippen LogP contribution in [0.3, 0.4) is 0 Å². The van der Waals surface area contributed by atoms with E-state index in [1.165, 1.54) is 41.3 Å². The lowest BCUT2D eigenvalue weighted by Crippen LogP contribution is -2.19. The molecule has 218 valence electrons. The third-order valence-electron chi connectivity index (χ3n) is 7.52. The molecule has 3 aromatic carbocycles. The number of carbonyl (C=O) groups is 1. The van der Waals surface area contributed by atoms with Crippen molar-refractivity contribution in [3.05, 3.63) is 120 Å². The Morgan fingerprint density at radius 2 is 1.75 bits per heavy atom. The highest BCUT2D eigenvalue weighted by atomic mass is 32.2. The fourth-order valence-electron chi connectivity index (χ4n) is 5.32. The van der Waals surface area contributed by atoms with Gasteiger partial charge in [-0.3, -0.25) is 9.78 Å². The van der Waals surface area contributed by atoms with Gasteiger partial charge in [0.05, 0.1) is 45.1 Å². The molecule has 44 heavy (non-hydrogen) atoms. The molecule has 7 rings (SSSR count). The highest BCUT2D eigenvalue weighted by molar-refractivity contribution is 7.90. The molecule has 0 aliphatic heterocycles. The average molecular weight is 606 g/mol. The summed E-state index contributed by atoms with van der Waals surface area (Å²) in [5.74, 6) is -0.426. The second-order valence-electron chi connectivity index (χ2n) is 10.4. The topological polar surface area (TPSA) is 142 Å². The van der Waals surface area contributed by atoms with Crippen LogP contribution < -0.4 is 5.73 Å². The molecule has 0 radical (unpaired) electrons. The number of anilines is 1. The molecule has 0 fully saturated rings. The van der Waals surface area contributed by atoms with Gasteiger partial charge in [-0.2, -0.15) is 5.10 Å². The molecule has 0 unspecified atom stereocenters. The number of hydrogen-bond acceptors (Lipinski definition) is 7. The summed E-state index contributed by atoms with van der Waals surface area (Å²) in [5, 5.41) is 4.82. The van der Waals surface area contributed by atoms with Crippen molar-refractivity contribution in [2.45, 2.75) is 18.7 Å². The van der Waals surface area contributed by atoms with Crippen LogP contribution in [-0.4, -0.2) is 42.9 Å². The van der Waals surface area contributed by atoms with Crippen LogP contribution in [0.5, 0.6) is 0 Å². The van der Waals surface area contributed by atoms with E-state index >= 15 is 0 Å².